The van der Waals surface area contributed by atoms with Crippen molar-refractivity contribution in [1.82, 2.24) is 0 Å². The van der Waals surface area contributed by atoms with Gasteiger partial charge in [0.05, 0.1) is 22.7 Å². The molecule has 1 aliphatic heterocycles. The number of nitrogens with one attached hydrogen (secondary N) is 2. The molecule has 1 unspecified atom stereocenters. The molecule has 5 heteroatoms. The predicted molar refractivity (Wildman–Crippen MR) is 86.8 cm³/mol. The summed E-state index contributed by atoms with van der Waals surface area (Å²) in [5.41, 5.74) is 1.10. The molecular formula is C17H18N3OS+. The molecule has 1 amide bonds. The molecule has 1 aliphatic rings. The summed E-state index contributed by atoms with van der Waals surface area (Å²) in [5, 5.41) is 14.0. The fourth-order valence-corrected chi connectivity index (χ4v) is 3.97. The van der Waals surface area contributed by atoms with Crippen molar-refractivity contribution < 1.29 is 9.69 Å². The molecule has 3 rings (SSSR count). The number of hydrogen-bond acceptors (Lipinski definition) is 3. The molecular weight excluding hydrogens is 294 g/mol. The summed E-state index contributed by atoms with van der Waals surface area (Å²) in [6.07, 6.45) is 2.29. The van der Waals surface area contributed by atoms with Crippen LogP contribution in [-0.4, -0.2) is 19.0 Å². The van der Waals surface area contributed by atoms with Crippen LogP contribution in [0.1, 0.15) is 29.3 Å². The van der Waals surface area contributed by atoms with E-state index in [4.69, 9.17) is 5.26 Å². The summed E-state index contributed by atoms with van der Waals surface area (Å²) in [6, 6.07) is 13.9. The maximum atomic E-state index is 12.3. The summed E-state index contributed by atoms with van der Waals surface area (Å²) in [5.74, 6) is -0.0267. The SMILES string of the molecule is N#Cc1ccccc1NC(=O)C[NH+]1CCC[C@H]1c1cccs1. The molecule has 0 saturated carbocycles. The number of nitriles is 1. The van der Waals surface area contributed by atoms with E-state index in [0.717, 1.165) is 19.4 Å². The van der Waals surface area contributed by atoms with E-state index in [-0.39, 0.29) is 5.91 Å². The van der Waals surface area contributed by atoms with Gasteiger partial charge < -0.3 is 10.2 Å². The van der Waals surface area contributed by atoms with Crippen LogP contribution in [0, 0.1) is 11.3 Å². The zero-order valence-corrected chi connectivity index (χ0v) is 13.0. The molecule has 0 spiro atoms. The number of thiophene rings is 1. The Kier molecular flexibility index (Phi) is 4.52. The van der Waals surface area contributed by atoms with E-state index in [9.17, 15) is 4.79 Å². The van der Waals surface area contributed by atoms with Gasteiger partial charge in [-0.2, -0.15) is 5.26 Å². The molecule has 4 nitrogen and oxygen atoms in total. The Hall–Kier alpha value is -2.16. The highest BCUT2D eigenvalue weighted by Gasteiger charge is 2.32. The molecule has 2 N–H and O–H groups in total. The number of carbonyl (C=O) groups excluding carboxylic acids is 1. The Morgan fingerprint density at radius 2 is 2.23 bits per heavy atom. The van der Waals surface area contributed by atoms with Gasteiger partial charge in [-0.25, -0.2) is 0 Å². The molecule has 0 radical (unpaired) electrons. The number of benzene rings is 1. The normalized spacial score (nSPS) is 20.5. The minimum atomic E-state index is -0.0267. The van der Waals surface area contributed by atoms with Gasteiger partial charge in [0, 0.05) is 12.8 Å². The number of carbonyl (C=O) groups is 1. The standard InChI is InChI=1S/C17H17N3OS/c18-11-13-5-1-2-6-14(13)19-17(21)12-20-9-3-7-15(20)16-8-4-10-22-16/h1-2,4-6,8,10,15H,3,7,9,12H2,(H,19,21)/p+1/t15-/m0/s1. The first-order chi connectivity index (χ1) is 10.8. The summed E-state index contributed by atoms with van der Waals surface area (Å²) in [7, 11) is 0. The second-order valence-electron chi connectivity index (χ2n) is 5.50. The second-order valence-corrected chi connectivity index (χ2v) is 6.48. The van der Waals surface area contributed by atoms with E-state index < -0.39 is 0 Å². The van der Waals surface area contributed by atoms with Crippen LogP contribution < -0.4 is 10.2 Å². The smallest absolute Gasteiger partial charge is 0.279 e. The third-order valence-electron chi connectivity index (χ3n) is 4.08. The number of rotatable bonds is 4. The van der Waals surface area contributed by atoms with Crippen LogP contribution in [0.2, 0.25) is 0 Å². The molecule has 1 fully saturated rings. The lowest BCUT2D eigenvalue weighted by molar-refractivity contribution is -0.910. The van der Waals surface area contributed by atoms with Crippen LogP contribution in [-0.2, 0) is 4.79 Å². The molecule has 1 aromatic heterocycles. The number of hydrogen-bond donors (Lipinski definition) is 2. The Morgan fingerprint density at radius 3 is 3.00 bits per heavy atom. The van der Waals surface area contributed by atoms with Crippen LogP contribution >= 0.6 is 11.3 Å². The van der Waals surface area contributed by atoms with Gasteiger partial charge in [0.25, 0.3) is 5.91 Å². The van der Waals surface area contributed by atoms with Gasteiger partial charge in [-0.15, -0.1) is 11.3 Å². The van der Waals surface area contributed by atoms with Gasteiger partial charge in [0.1, 0.15) is 12.1 Å². The Balaban J connectivity index is 1.65. The van der Waals surface area contributed by atoms with Crippen LogP contribution in [0.15, 0.2) is 41.8 Å². The topological polar surface area (TPSA) is 57.3 Å². The number of nitrogens with zero attached hydrogens (tertiary/aromatic N) is 1. The summed E-state index contributed by atoms with van der Waals surface area (Å²) < 4.78 is 0. The van der Waals surface area contributed by atoms with Crippen molar-refractivity contribution in [3.05, 3.63) is 52.2 Å². The zero-order chi connectivity index (χ0) is 15.4. The van der Waals surface area contributed by atoms with E-state index in [2.05, 4.69) is 28.9 Å². The molecule has 1 aromatic carbocycles. The van der Waals surface area contributed by atoms with Gasteiger partial charge in [-0.1, -0.05) is 18.2 Å². The molecule has 0 bridgehead atoms. The zero-order valence-electron chi connectivity index (χ0n) is 12.2. The van der Waals surface area contributed by atoms with E-state index in [1.807, 2.05) is 6.07 Å². The Morgan fingerprint density at radius 1 is 1.36 bits per heavy atom. The average Bonchev–Trinajstić information content (AvgIpc) is 3.18. The van der Waals surface area contributed by atoms with Crippen LogP contribution in [0.25, 0.3) is 0 Å². The molecule has 22 heavy (non-hydrogen) atoms. The molecule has 2 atom stereocenters. The third kappa shape index (κ3) is 3.19. The summed E-state index contributed by atoms with van der Waals surface area (Å²) in [4.78, 5) is 15.0. The molecule has 112 valence electrons. The predicted octanol–water partition coefficient (Wildman–Crippen LogP) is 1.98. The van der Waals surface area contributed by atoms with Crippen molar-refractivity contribution in [3.63, 3.8) is 0 Å². The summed E-state index contributed by atoms with van der Waals surface area (Å²) >= 11 is 1.77. The number of quaternary nitrogens is 1. The van der Waals surface area contributed by atoms with Gasteiger partial charge in [0.15, 0.2) is 6.54 Å². The fraction of sp³-hybridized carbons (Fsp3) is 0.294. The lowest BCUT2D eigenvalue weighted by Crippen LogP contribution is -3.11. The minimum Gasteiger partial charge on any atom is -0.320 e. The van der Waals surface area contributed by atoms with E-state index in [1.165, 1.54) is 9.78 Å². The van der Waals surface area contributed by atoms with Gasteiger partial charge in [-0.05, 0) is 23.6 Å². The minimum absolute atomic E-state index is 0.0267. The highest BCUT2D eigenvalue weighted by molar-refractivity contribution is 7.10. The quantitative estimate of drug-likeness (QED) is 0.907. The average molecular weight is 312 g/mol. The van der Waals surface area contributed by atoms with E-state index >= 15 is 0 Å². The van der Waals surface area contributed by atoms with Crippen LogP contribution in [0.3, 0.4) is 0 Å². The maximum absolute atomic E-state index is 12.3. The monoisotopic (exact) mass is 312 g/mol. The number of amides is 1. The lowest BCUT2D eigenvalue weighted by Gasteiger charge is -2.20. The number of likely N-dealkylation sites (tertiary alicyclic amines) is 1. The van der Waals surface area contributed by atoms with Crippen molar-refractivity contribution in [3.8, 4) is 6.07 Å². The Bertz CT molecular complexity index is 690. The highest BCUT2D eigenvalue weighted by Crippen LogP contribution is 2.23. The lowest BCUT2D eigenvalue weighted by atomic mass is 10.2. The molecule has 0 aliphatic carbocycles. The first kappa shape index (κ1) is 14.8. The largest absolute Gasteiger partial charge is 0.320 e. The molecule has 2 aromatic rings. The maximum Gasteiger partial charge on any atom is 0.279 e. The van der Waals surface area contributed by atoms with Gasteiger partial charge >= 0.3 is 0 Å². The first-order valence-corrected chi connectivity index (χ1v) is 8.33. The third-order valence-corrected chi connectivity index (χ3v) is 5.07. The highest BCUT2D eigenvalue weighted by atomic mass is 32.1. The van der Waals surface area contributed by atoms with Crippen molar-refractivity contribution in [2.24, 2.45) is 0 Å². The van der Waals surface area contributed by atoms with Crippen molar-refractivity contribution in [2.45, 2.75) is 18.9 Å². The Labute approximate surface area is 134 Å². The molecule has 2 heterocycles. The van der Waals surface area contributed by atoms with Gasteiger partial charge in [0.2, 0.25) is 0 Å². The molecule has 1 saturated heterocycles. The number of anilines is 1. The van der Waals surface area contributed by atoms with Crippen molar-refractivity contribution in [2.75, 3.05) is 18.4 Å². The van der Waals surface area contributed by atoms with E-state index in [0.29, 0.717) is 23.8 Å². The van der Waals surface area contributed by atoms with E-state index in [1.54, 1.807) is 29.5 Å². The summed E-state index contributed by atoms with van der Waals surface area (Å²) in [6.45, 7) is 1.47. The first-order valence-electron chi connectivity index (χ1n) is 7.45. The second kappa shape index (κ2) is 6.73. The van der Waals surface area contributed by atoms with Crippen LogP contribution in [0.5, 0.6) is 0 Å². The fourth-order valence-electron chi connectivity index (χ4n) is 3.05. The van der Waals surface area contributed by atoms with Gasteiger partial charge in [-0.3, -0.25) is 4.79 Å². The van der Waals surface area contributed by atoms with Crippen molar-refractivity contribution >= 4 is 22.9 Å². The number of para-hydroxylation sites is 1. The van der Waals surface area contributed by atoms with Crippen molar-refractivity contribution in [1.29, 1.82) is 5.26 Å². The van der Waals surface area contributed by atoms with Crippen LogP contribution in [0.4, 0.5) is 5.69 Å².